The average Bonchev–Trinajstić information content (AvgIpc) is 2.51. The van der Waals surface area contributed by atoms with E-state index in [9.17, 15) is 35.1 Å². The number of nitrogens with one attached hydrogen (secondary N) is 1. The van der Waals surface area contributed by atoms with Gasteiger partial charge in [0.1, 0.15) is 10.6 Å². The summed E-state index contributed by atoms with van der Waals surface area (Å²) in [5, 5.41) is 10.2. The van der Waals surface area contributed by atoms with Crippen LogP contribution in [-0.2, 0) is 19.9 Å². The van der Waals surface area contributed by atoms with Gasteiger partial charge in [0.15, 0.2) is 0 Å². The number of benzene rings is 2. The minimum atomic E-state index is -5.76. The summed E-state index contributed by atoms with van der Waals surface area (Å²) in [4.78, 5) is -0.854. The van der Waals surface area contributed by atoms with E-state index in [0.29, 0.717) is 0 Å². The van der Waals surface area contributed by atoms with Crippen LogP contribution < -0.4 is 4.72 Å². The molecule has 148 valence electrons. The molecule has 0 radical (unpaired) electrons. The maximum atomic E-state index is 12.9. The molecule has 0 saturated carbocycles. The fourth-order valence-corrected chi connectivity index (χ4v) is 4.62. The van der Waals surface area contributed by atoms with Gasteiger partial charge in [-0.3, -0.25) is 4.72 Å². The standard InChI is InChI=1S/C16H16F3NO5S2/c1-9-4-6-12(7-5-9)26(22,23)15-11(3)13(8-10(2)14(15)21)20-27(24,25)16(17,18)19/h4-8,20-21H,1-3H3. The molecule has 0 amide bonds. The largest absolute Gasteiger partial charge is 0.516 e. The lowest BCUT2D eigenvalue weighted by Crippen LogP contribution is -2.30. The quantitative estimate of drug-likeness (QED) is 0.734. The summed E-state index contributed by atoms with van der Waals surface area (Å²) < 4.78 is 87.9. The molecule has 0 unspecified atom stereocenters. The first-order valence-corrected chi connectivity index (χ1v) is 10.4. The number of sulfonamides is 1. The normalized spacial score (nSPS) is 12.8. The van der Waals surface area contributed by atoms with Crippen LogP contribution in [0.2, 0.25) is 0 Å². The van der Waals surface area contributed by atoms with Gasteiger partial charge in [0.05, 0.1) is 10.6 Å². The van der Waals surface area contributed by atoms with Crippen molar-refractivity contribution in [3.05, 3.63) is 47.0 Å². The number of sulfone groups is 1. The molecule has 6 nitrogen and oxygen atoms in total. The summed E-state index contributed by atoms with van der Waals surface area (Å²) >= 11 is 0. The van der Waals surface area contributed by atoms with Crippen LogP contribution in [0.3, 0.4) is 0 Å². The van der Waals surface area contributed by atoms with Crippen molar-refractivity contribution in [1.82, 2.24) is 0 Å². The maximum Gasteiger partial charge on any atom is 0.516 e. The van der Waals surface area contributed by atoms with Crippen LogP contribution in [0.5, 0.6) is 5.75 Å². The van der Waals surface area contributed by atoms with E-state index >= 15 is 0 Å². The minimum absolute atomic E-state index is 0.105. The second kappa shape index (κ2) is 6.71. The van der Waals surface area contributed by atoms with Crippen molar-refractivity contribution in [1.29, 1.82) is 0 Å². The van der Waals surface area contributed by atoms with Crippen LogP contribution in [0.15, 0.2) is 40.1 Å². The van der Waals surface area contributed by atoms with E-state index in [1.807, 2.05) is 0 Å². The molecule has 27 heavy (non-hydrogen) atoms. The number of alkyl halides is 3. The summed E-state index contributed by atoms with van der Waals surface area (Å²) in [7, 11) is -10.1. The first kappa shape index (κ1) is 21.0. The van der Waals surface area contributed by atoms with Gasteiger partial charge in [0.2, 0.25) is 9.84 Å². The predicted octanol–water partition coefficient (Wildman–Crippen LogP) is 3.41. The van der Waals surface area contributed by atoms with Crippen LogP contribution in [0.25, 0.3) is 0 Å². The fraction of sp³-hybridized carbons (Fsp3) is 0.250. The Morgan fingerprint density at radius 1 is 0.963 bits per heavy atom. The van der Waals surface area contributed by atoms with Crippen LogP contribution in [-0.4, -0.2) is 27.5 Å². The van der Waals surface area contributed by atoms with Gasteiger partial charge in [0.25, 0.3) is 0 Å². The molecule has 2 N–H and O–H groups in total. The van der Waals surface area contributed by atoms with E-state index in [0.717, 1.165) is 18.6 Å². The molecule has 0 fully saturated rings. The van der Waals surface area contributed by atoms with Gasteiger partial charge in [-0.15, -0.1) is 0 Å². The third-order valence-electron chi connectivity index (χ3n) is 3.84. The number of phenolic OH excluding ortho intramolecular Hbond substituents is 1. The number of anilines is 1. The van der Waals surface area contributed by atoms with Crippen molar-refractivity contribution in [3.63, 3.8) is 0 Å². The zero-order chi connectivity index (χ0) is 20.8. The summed E-state index contributed by atoms with van der Waals surface area (Å²) in [6, 6.07) is 6.53. The summed E-state index contributed by atoms with van der Waals surface area (Å²) in [5.74, 6) is -0.664. The molecule has 2 rings (SSSR count). The molecule has 0 aliphatic rings. The minimum Gasteiger partial charge on any atom is -0.506 e. The maximum absolute atomic E-state index is 12.9. The van der Waals surface area contributed by atoms with Crippen molar-refractivity contribution in [2.75, 3.05) is 4.72 Å². The highest BCUT2D eigenvalue weighted by Crippen LogP contribution is 2.39. The van der Waals surface area contributed by atoms with Gasteiger partial charge in [0, 0.05) is 0 Å². The van der Waals surface area contributed by atoms with E-state index < -0.39 is 41.7 Å². The third-order valence-corrected chi connectivity index (χ3v) is 6.87. The molecule has 0 aliphatic carbocycles. The highest BCUT2D eigenvalue weighted by Gasteiger charge is 2.46. The summed E-state index contributed by atoms with van der Waals surface area (Å²) in [5.41, 5.74) is -5.86. The van der Waals surface area contributed by atoms with Crippen LogP contribution in [0, 0.1) is 20.8 Å². The lowest BCUT2D eigenvalue weighted by Gasteiger charge is -2.18. The van der Waals surface area contributed by atoms with Gasteiger partial charge in [-0.1, -0.05) is 17.7 Å². The molecule has 0 heterocycles. The van der Waals surface area contributed by atoms with Crippen LogP contribution in [0.1, 0.15) is 16.7 Å². The Morgan fingerprint density at radius 2 is 1.48 bits per heavy atom. The van der Waals surface area contributed by atoms with Gasteiger partial charge in [-0.2, -0.15) is 21.6 Å². The summed E-state index contributed by atoms with van der Waals surface area (Å²) in [6.07, 6.45) is 0. The Hall–Kier alpha value is -2.27. The topological polar surface area (TPSA) is 101 Å². The molecular formula is C16H16F3NO5S2. The van der Waals surface area contributed by atoms with Gasteiger partial charge in [-0.25, -0.2) is 8.42 Å². The fourth-order valence-electron chi connectivity index (χ4n) is 2.34. The van der Waals surface area contributed by atoms with Crippen molar-refractivity contribution >= 4 is 25.5 Å². The predicted molar refractivity (Wildman–Crippen MR) is 92.8 cm³/mol. The Morgan fingerprint density at radius 3 is 1.96 bits per heavy atom. The molecule has 11 heteroatoms. The van der Waals surface area contributed by atoms with Gasteiger partial charge >= 0.3 is 15.5 Å². The molecule has 0 saturated heterocycles. The highest BCUT2D eigenvalue weighted by molar-refractivity contribution is 7.93. The number of aromatic hydroxyl groups is 1. The lowest BCUT2D eigenvalue weighted by atomic mass is 10.1. The Balaban J connectivity index is 2.72. The van der Waals surface area contributed by atoms with Crippen molar-refractivity contribution in [3.8, 4) is 5.75 Å². The summed E-state index contributed by atoms with van der Waals surface area (Å²) in [6.45, 7) is 4.08. The van der Waals surface area contributed by atoms with Crippen molar-refractivity contribution in [2.45, 2.75) is 36.1 Å². The van der Waals surface area contributed by atoms with E-state index in [2.05, 4.69) is 0 Å². The number of aryl methyl sites for hydroxylation is 2. The Labute approximate surface area is 154 Å². The second-order valence-corrected chi connectivity index (χ2v) is 9.47. The SMILES string of the molecule is Cc1ccc(S(=O)(=O)c2c(C)c(NS(=O)(=O)C(F)(F)F)cc(C)c2O)cc1. The van der Waals surface area contributed by atoms with Crippen LogP contribution in [0.4, 0.5) is 18.9 Å². The number of hydrogen-bond donors (Lipinski definition) is 2. The lowest BCUT2D eigenvalue weighted by molar-refractivity contribution is -0.0429. The van der Waals surface area contributed by atoms with E-state index in [-0.39, 0.29) is 16.0 Å². The molecule has 0 atom stereocenters. The third kappa shape index (κ3) is 3.88. The number of hydrogen-bond acceptors (Lipinski definition) is 5. The molecule has 0 aliphatic heterocycles. The first-order valence-electron chi connectivity index (χ1n) is 7.42. The second-order valence-electron chi connectivity index (χ2n) is 5.91. The monoisotopic (exact) mass is 423 g/mol. The van der Waals surface area contributed by atoms with E-state index in [1.165, 1.54) is 35.9 Å². The first-order chi connectivity index (χ1) is 12.2. The number of halogens is 3. The molecule has 2 aromatic carbocycles. The van der Waals surface area contributed by atoms with Crippen LogP contribution >= 0.6 is 0 Å². The van der Waals surface area contributed by atoms with Crippen molar-refractivity contribution in [2.24, 2.45) is 0 Å². The van der Waals surface area contributed by atoms with E-state index in [1.54, 1.807) is 6.92 Å². The highest BCUT2D eigenvalue weighted by atomic mass is 32.2. The Kier molecular flexibility index (Phi) is 5.23. The molecular weight excluding hydrogens is 407 g/mol. The van der Waals surface area contributed by atoms with E-state index in [4.69, 9.17) is 0 Å². The molecule has 2 aromatic rings. The number of phenols is 1. The molecule has 0 aromatic heterocycles. The Bertz CT molecular complexity index is 1090. The number of rotatable bonds is 4. The zero-order valence-electron chi connectivity index (χ0n) is 14.4. The molecule has 0 bridgehead atoms. The van der Waals surface area contributed by atoms with Gasteiger partial charge in [-0.05, 0) is 50.1 Å². The average molecular weight is 423 g/mol. The molecule has 0 spiro atoms. The van der Waals surface area contributed by atoms with Crippen molar-refractivity contribution < 1.29 is 35.1 Å². The van der Waals surface area contributed by atoms with Gasteiger partial charge < -0.3 is 5.11 Å². The smallest absolute Gasteiger partial charge is 0.506 e. The zero-order valence-corrected chi connectivity index (χ0v) is 16.1.